The molecule has 0 aliphatic carbocycles. The van der Waals surface area contributed by atoms with E-state index in [0.717, 1.165) is 0 Å². The molecule has 1 heterocycles. The molecule has 0 bridgehead atoms. The molecule has 12 heavy (non-hydrogen) atoms. The van der Waals surface area contributed by atoms with Gasteiger partial charge in [-0.25, -0.2) is 0 Å². The van der Waals surface area contributed by atoms with Gasteiger partial charge < -0.3 is 0 Å². The van der Waals surface area contributed by atoms with Crippen LogP contribution in [0.3, 0.4) is 0 Å². The maximum absolute atomic E-state index is 4.02. The van der Waals surface area contributed by atoms with Crippen molar-refractivity contribution >= 4 is 0 Å². The van der Waals surface area contributed by atoms with E-state index in [0.29, 0.717) is 5.41 Å². The highest BCUT2D eigenvalue weighted by Crippen LogP contribution is 2.27. The molecule has 1 rings (SSSR count). The van der Waals surface area contributed by atoms with E-state index in [1.807, 2.05) is 12.4 Å². The van der Waals surface area contributed by atoms with E-state index in [4.69, 9.17) is 0 Å². The SMILES string of the molecule is CCCC(C)(C)c1ccncc1. The predicted molar refractivity (Wildman–Crippen MR) is 52.2 cm³/mol. The quantitative estimate of drug-likeness (QED) is 0.667. The van der Waals surface area contributed by atoms with E-state index in [1.54, 1.807) is 0 Å². The predicted octanol–water partition coefficient (Wildman–Crippen LogP) is 3.16. The molecular formula is C11H17N. The fourth-order valence-corrected chi connectivity index (χ4v) is 1.57. The minimum atomic E-state index is 0.303. The van der Waals surface area contributed by atoms with Crippen molar-refractivity contribution in [2.24, 2.45) is 0 Å². The van der Waals surface area contributed by atoms with Crippen molar-refractivity contribution in [1.82, 2.24) is 4.98 Å². The average molecular weight is 163 g/mol. The molecule has 0 saturated heterocycles. The molecule has 0 aromatic carbocycles. The molecule has 66 valence electrons. The van der Waals surface area contributed by atoms with E-state index in [9.17, 15) is 0 Å². The zero-order valence-corrected chi connectivity index (χ0v) is 8.17. The average Bonchev–Trinajstić information content (AvgIpc) is 2.06. The van der Waals surface area contributed by atoms with Gasteiger partial charge in [0.15, 0.2) is 0 Å². The van der Waals surface area contributed by atoms with Gasteiger partial charge in [0.05, 0.1) is 0 Å². The summed E-state index contributed by atoms with van der Waals surface area (Å²) in [6, 6.07) is 4.21. The Morgan fingerprint density at radius 3 is 2.33 bits per heavy atom. The lowest BCUT2D eigenvalue weighted by Crippen LogP contribution is -2.16. The second kappa shape index (κ2) is 3.70. The summed E-state index contributed by atoms with van der Waals surface area (Å²) in [5.74, 6) is 0. The highest BCUT2D eigenvalue weighted by Gasteiger charge is 2.18. The first-order chi connectivity index (χ1) is 5.67. The van der Waals surface area contributed by atoms with Crippen molar-refractivity contribution in [2.45, 2.75) is 39.0 Å². The number of nitrogens with zero attached hydrogens (tertiary/aromatic N) is 1. The summed E-state index contributed by atoms with van der Waals surface area (Å²) < 4.78 is 0. The second-order valence-corrected chi connectivity index (χ2v) is 3.87. The lowest BCUT2D eigenvalue weighted by Gasteiger charge is -2.24. The van der Waals surface area contributed by atoms with Crippen LogP contribution in [0.2, 0.25) is 0 Å². The van der Waals surface area contributed by atoms with Crippen molar-refractivity contribution in [3.8, 4) is 0 Å². The number of rotatable bonds is 3. The normalized spacial score (nSPS) is 11.6. The first-order valence-corrected chi connectivity index (χ1v) is 4.57. The molecule has 0 aliphatic rings. The summed E-state index contributed by atoms with van der Waals surface area (Å²) in [6.45, 7) is 6.79. The molecular weight excluding hydrogens is 146 g/mol. The lowest BCUT2D eigenvalue weighted by molar-refractivity contribution is 0.472. The van der Waals surface area contributed by atoms with Gasteiger partial charge in [0.2, 0.25) is 0 Å². The second-order valence-electron chi connectivity index (χ2n) is 3.87. The molecule has 1 aromatic heterocycles. The molecule has 0 aliphatic heterocycles. The van der Waals surface area contributed by atoms with E-state index in [2.05, 4.69) is 37.9 Å². The Kier molecular flexibility index (Phi) is 2.85. The highest BCUT2D eigenvalue weighted by molar-refractivity contribution is 5.19. The van der Waals surface area contributed by atoms with Gasteiger partial charge in [0.25, 0.3) is 0 Å². The third-order valence-corrected chi connectivity index (χ3v) is 2.34. The Morgan fingerprint density at radius 2 is 1.83 bits per heavy atom. The highest BCUT2D eigenvalue weighted by atomic mass is 14.6. The van der Waals surface area contributed by atoms with Gasteiger partial charge in [0, 0.05) is 12.4 Å². The van der Waals surface area contributed by atoms with Crippen LogP contribution >= 0.6 is 0 Å². The lowest BCUT2D eigenvalue weighted by atomic mass is 9.81. The van der Waals surface area contributed by atoms with E-state index >= 15 is 0 Å². The zero-order valence-electron chi connectivity index (χ0n) is 8.17. The summed E-state index contributed by atoms with van der Waals surface area (Å²) in [5, 5.41) is 0. The first-order valence-electron chi connectivity index (χ1n) is 4.57. The molecule has 0 N–H and O–H groups in total. The Balaban J connectivity index is 2.82. The molecule has 1 aromatic rings. The number of aromatic nitrogens is 1. The zero-order chi connectivity index (χ0) is 9.03. The summed E-state index contributed by atoms with van der Waals surface area (Å²) in [5.41, 5.74) is 1.69. The van der Waals surface area contributed by atoms with Gasteiger partial charge in [-0.05, 0) is 29.5 Å². The maximum atomic E-state index is 4.02. The van der Waals surface area contributed by atoms with Gasteiger partial charge in [-0.15, -0.1) is 0 Å². The van der Waals surface area contributed by atoms with E-state index in [-0.39, 0.29) is 0 Å². The van der Waals surface area contributed by atoms with Crippen LogP contribution in [0, 0.1) is 0 Å². The molecule has 0 saturated carbocycles. The monoisotopic (exact) mass is 163 g/mol. The Hall–Kier alpha value is -0.850. The van der Waals surface area contributed by atoms with Crippen LogP contribution < -0.4 is 0 Å². The number of hydrogen-bond acceptors (Lipinski definition) is 1. The molecule has 0 amide bonds. The first kappa shape index (κ1) is 9.24. The fourth-order valence-electron chi connectivity index (χ4n) is 1.57. The molecule has 1 nitrogen and oxygen atoms in total. The van der Waals surface area contributed by atoms with Crippen LogP contribution in [0.1, 0.15) is 39.2 Å². The van der Waals surface area contributed by atoms with E-state index in [1.165, 1.54) is 18.4 Å². The maximum Gasteiger partial charge on any atom is 0.0270 e. The van der Waals surface area contributed by atoms with Crippen molar-refractivity contribution in [3.05, 3.63) is 30.1 Å². The van der Waals surface area contributed by atoms with Gasteiger partial charge in [-0.2, -0.15) is 0 Å². The van der Waals surface area contributed by atoms with Crippen LogP contribution in [0.5, 0.6) is 0 Å². The smallest absolute Gasteiger partial charge is 0.0270 e. The van der Waals surface area contributed by atoms with Crippen LogP contribution in [0.4, 0.5) is 0 Å². The molecule has 0 fully saturated rings. The van der Waals surface area contributed by atoms with E-state index < -0.39 is 0 Å². The largest absolute Gasteiger partial charge is 0.265 e. The van der Waals surface area contributed by atoms with Crippen LogP contribution in [0.25, 0.3) is 0 Å². The van der Waals surface area contributed by atoms with Crippen LogP contribution in [-0.4, -0.2) is 4.98 Å². The summed E-state index contributed by atoms with van der Waals surface area (Å²) in [4.78, 5) is 4.02. The van der Waals surface area contributed by atoms with Gasteiger partial charge >= 0.3 is 0 Å². The standard InChI is InChI=1S/C11H17N/c1-4-7-11(2,3)10-5-8-12-9-6-10/h5-6,8-9H,4,7H2,1-3H3. The van der Waals surface area contributed by atoms with Crippen molar-refractivity contribution in [1.29, 1.82) is 0 Å². The Bertz CT molecular complexity index is 226. The van der Waals surface area contributed by atoms with Crippen molar-refractivity contribution in [2.75, 3.05) is 0 Å². The van der Waals surface area contributed by atoms with Crippen molar-refractivity contribution in [3.63, 3.8) is 0 Å². The topological polar surface area (TPSA) is 12.9 Å². The van der Waals surface area contributed by atoms with Gasteiger partial charge in [0.1, 0.15) is 0 Å². The third kappa shape index (κ3) is 2.07. The molecule has 0 radical (unpaired) electrons. The number of hydrogen-bond donors (Lipinski definition) is 0. The van der Waals surface area contributed by atoms with Crippen molar-refractivity contribution < 1.29 is 0 Å². The summed E-state index contributed by atoms with van der Waals surface area (Å²) >= 11 is 0. The molecule has 0 unspecified atom stereocenters. The van der Waals surface area contributed by atoms with Gasteiger partial charge in [-0.3, -0.25) is 4.98 Å². The third-order valence-electron chi connectivity index (χ3n) is 2.34. The minimum Gasteiger partial charge on any atom is -0.265 e. The Labute approximate surface area is 74.8 Å². The molecule has 1 heteroatoms. The van der Waals surface area contributed by atoms with Gasteiger partial charge in [-0.1, -0.05) is 27.2 Å². The van der Waals surface area contributed by atoms with Crippen LogP contribution in [0.15, 0.2) is 24.5 Å². The summed E-state index contributed by atoms with van der Waals surface area (Å²) in [7, 11) is 0. The number of pyridine rings is 1. The summed E-state index contributed by atoms with van der Waals surface area (Å²) in [6.07, 6.45) is 6.20. The minimum absolute atomic E-state index is 0.303. The van der Waals surface area contributed by atoms with Crippen LogP contribution in [-0.2, 0) is 5.41 Å². The molecule has 0 atom stereocenters. The Morgan fingerprint density at radius 1 is 1.25 bits per heavy atom. The molecule has 0 spiro atoms. The fraction of sp³-hybridized carbons (Fsp3) is 0.545.